The van der Waals surface area contributed by atoms with Gasteiger partial charge in [-0.1, -0.05) is 54.2 Å². The lowest BCUT2D eigenvalue weighted by atomic mass is 10.1. The zero-order chi connectivity index (χ0) is 11.8. The molecule has 0 saturated heterocycles. The Labute approximate surface area is 108 Å². The van der Waals surface area contributed by atoms with Crippen LogP contribution in [0.25, 0.3) is 0 Å². The molecule has 1 atom stereocenters. The molecule has 0 saturated carbocycles. The molecule has 0 aliphatic heterocycles. The van der Waals surface area contributed by atoms with E-state index < -0.39 is 0 Å². The highest BCUT2D eigenvalue weighted by atomic mass is 79.9. The van der Waals surface area contributed by atoms with Crippen molar-refractivity contribution in [1.29, 1.82) is 0 Å². The van der Waals surface area contributed by atoms with Gasteiger partial charge >= 0.3 is 0 Å². The lowest BCUT2D eigenvalue weighted by Gasteiger charge is -2.14. The van der Waals surface area contributed by atoms with Crippen molar-refractivity contribution in [3.8, 4) is 0 Å². The molecule has 16 heavy (non-hydrogen) atoms. The van der Waals surface area contributed by atoms with Crippen LogP contribution in [0, 0.1) is 0 Å². The summed E-state index contributed by atoms with van der Waals surface area (Å²) < 4.78 is 1.14. The number of rotatable bonds is 7. The predicted molar refractivity (Wildman–Crippen MR) is 74.7 cm³/mol. The minimum atomic E-state index is 0.453. The Morgan fingerprint density at radius 2 is 1.81 bits per heavy atom. The molecular formula is C14H22BrN. The molecule has 0 bridgehead atoms. The molecule has 90 valence electrons. The number of hydrogen-bond donors (Lipinski definition) is 1. The average Bonchev–Trinajstić information content (AvgIpc) is 2.29. The van der Waals surface area contributed by atoms with Gasteiger partial charge in [0.05, 0.1) is 0 Å². The van der Waals surface area contributed by atoms with Crippen LogP contribution in [0.1, 0.15) is 51.1 Å². The van der Waals surface area contributed by atoms with Crippen molar-refractivity contribution in [1.82, 2.24) is 5.32 Å². The van der Waals surface area contributed by atoms with Crippen LogP contribution < -0.4 is 5.32 Å². The van der Waals surface area contributed by atoms with Gasteiger partial charge in [-0.15, -0.1) is 0 Å². The third-order valence-corrected chi connectivity index (χ3v) is 3.38. The van der Waals surface area contributed by atoms with E-state index in [0.717, 1.165) is 11.0 Å². The molecule has 0 fully saturated rings. The quantitative estimate of drug-likeness (QED) is 0.717. The van der Waals surface area contributed by atoms with Crippen LogP contribution in [0.5, 0.6) is 0 Å². The largest absolute Gasteiger partial charge is 0.310 e. The van der Waals surface area contributed by atoms with E-state index in [0.29, 0.717) is 6.04 Å². The average molecular weight is 284 g/mol. The fraction of sp³-hybridized carbons (Fsp3) is 0.571. The van der Waals surface area contributed by atoms with E-state index in [4.69, 9.17) is 0 Å². The number of nitrogens with one attached hydrogen (secondary N) is 1. The second kappa shape index (κ2) is 7.86. The monoisotopic (exact) mass is 283 g/mol. The first-order valence-corrected chi connectivity index (χ1v) is 7.02. The van der Waals surface area contributed by atoms with Gasteiger partial charge in [0.2, 0.25) is 0 Å². The molecule has 1 nitrogen and oxygen atoms in total. The van der Waals surface area contributed by atoms with Crippen LogP contribution in [0.2, 0.25) is 0 Å². The lowest BCUT2D eigenvalue weighted by Crippen LogP contribution is -2.19. The number of halogens is 1. The molecule has 0 spiro atoms. The summed E-state index contributed by atoms with van der Waals surface area (Å²) in [7, 11) is 0. The Morgan fingerprint density at radius 3 is 2.44 bits per heavy atom. The minimum Gasteiger partial charge on any atom is -0.310 e. The first-order valence-electron chi connectivity index (χ1n) is 6.23. The van der Waals surface area contributed by atoms with Crippen molar-refractivity contribution in [2.24, 2.45) is 0 Å². The molecule has 1 aromatic rings. The topological polar surface area (TPSA) is 12.0 Å². The van der Waals surface area contributed by atoms with Gasteiger partial charge in [-0.25, -0.2) is 0 Å². The van der Waals surface area contributed by atoms with Crippen LogP contribution in [0.15, 0.2) is 28.7 Å². The highest BCUT2D eigenvalue weighted by Gasteiger charge is 2.03. The molecular weight excluding hydrogens is 262 g/mol. The maximum Gasteiger partial charge on any atom is 0.0291 e. The van der Waals surface area contributed by atoms with Crippen LogP contribution in [-0.4, -0.2) is 6.54 Å². The molecule has 1 aromatic carbocycles. The van der Waals surface area contributed by atoms with Gasteiger partial charge < -0.3 is 5.32 Å². The first kappa shape index (κ1) is 13.7. The number of hydrogen-bond acceptors (Lipinski definition) is 1. The maximum absolute atomic E-state index is 3.56. The van der Waals surface area contributed by atoms with Gasteiger partial charge in [-0.2, -0.15) is 0 Å². The first-order chi connectivity index (χ1) is 7.74. The van der Waals surface area contributed by atoms with Crippen molar-refractivity contribution in [3.63, 3.8) is 0 Å². The van der Waals surface area contributed by atoms with Crippen LogP contribution in [0.3, 0.4) is 0 Å². The molecule has 1 rings (SSSR count). The Kier molecular flexibility index (Phi) is 6.74. The molecule has 0 unspecified atom stereocenters. The highest BCUT2D eigenvalue weighted by molar-refractivity contribution is 9.10. The highest BCUT2D eigenvalue weighted by Crippen LogP contribution is 2.16. The third kappa shape index (κ3) is 5.13. The van der Waals surface area contributed by atoms with Crippen LogP contribution in [0.4, 0.5) is 0 Å². The van der Waals surface area contributed by atoms with Gasteiger partial charge in [0.15, 0.2) is 0 Å². The van der Waals surface area contributed by atoms with E-state index >= 15 is 0 Å². The second-order valence-corrected chi connectivity index (χ2v) is 5.20. The zero-order valence-electron chi connectivity index (χ0n) is 10.3. The molecule has 0 amide bonds. The molecule has 0 radical (unpaired) electrons. The van der Waals surface area contributed by atoms with Crippen molar-refractivity contribution in [2.75, 3.05) is 6.54 Å². The Balaban J connectivity index is 2.24. The molecule has 2 heteroatoms. The van der Waals surface area contributed by atoms with Crippen molar-refractivity contribution < 1.29 is 0 Å². The standard InChI is InChI=1S/C14H22BrN/c1-3-4-5-6-11-16-12(2)13-7-9-14(15)10-8-13/h7-10,12,16H,3-6,11H2,1-2H3/t12-/m0/s1. The smallest absolute Gasteiger partial charge is 0.0291 e. The Hall–Kier alpha value is -0.340. The maximum atomic E-state index is 3.56. The zero-order valence-corrected chi connectivity index (χ0v) is 11.9. The van der Waals surface area contributed by atoms with Gasteiger partial charge in [0.25, 0.3) is 0 Å². The minimum absolute atomic E-state index is 0.453. The number of benzene rings is 1. The van der Waals surface area contributed by atoms with Crippen molar-refractivity contribution in [3.05, 3.63) is 34.3 Å². The fourth-order valence-electron chi connectivity index (χ4n) is 1.74. The van der Waals surface area contributed by atoms with Crippen LogP contribution >= 0.6 is 15.9 Å². The molecule has 1 N–H and O–H groups in total. The summed E-state index contributed by atoms with van der Waals surface area (Å²) in [5.74, 6) is 0. The number of unbranched alkanes of at least 4 members (excludes halogenated alkanes) is 3. The van der Waals surface area contributed by atoms with E-state index in [1.807, 2.05) is 0 Å². The molecule has 0 aliphatic rings. The second-order valence-electron chi connectivity index (χ2n) is 4.29. The predicted octanol–water partition coefficient (Wildman–Crippen LogP) is 4.68. The van der Waals surface area contributed by atoms with E-state index in [1.165, 1.54) is 31.2 Å². The summed E-state index contributed by atoms with van der Waals surface area (Å²) in [6, 6.07) is 9.01. The van der Waals surface area contributed by atoms with E-state index in [1.54, 1.807) is 0 Å². The van der Waals surface area contributed by atoms with Gasteiger partial charge in [-0.3, -0.25) is 0 Å². The SMILES string of the molecule is CCCCCCN[C@@H](C)c1ccc(Br)cc1. The molecule has 0 aromatic heterocycles. The lowest BCUT2D eigenvalue weighted by molar-refractivity contribution is 0.536. The van der Waals surface area contributed by atoms with E-state index in [2.05, 4.69) is 59.4 Å². The normalized spacial score (nSPS) is 12.7. The molecule has 0 heterocycles. The Morgan fingerprint density at radius 1 is 1.12 bits per heavy atom. The van der Waals surface area contributed by atoms with Gasteiger partial charge in [0.1, 0.15) is 0 Å². The van der Waals surface area contributed by atoms with Crippen molar-refractivity contribution >= 4 is 15.9 Å². The van der Waals surface area contributed by atoms with Crippen LogP contribution in [-0.2, 0) is 0 Å². The van der Waals surface area contributed by atoms with Gasteiger partial charge in [-0.05, 0) is 37.6 Å². The van der Waals surface area contributed by atoms with Crippen molar-refractivity contribution in [2.45, 2.75) is 45.6 Å². The van der Waals surface area contributed by atoms with Gasteiger partial charge in [0, 0.05) is 10.5 Å². The third-order valence-electron chi connectivity index (χ3n) is 2.85. The fourth-order valence-corrected chi connectivity index (χ4v) is 2.00. The Bertz CT molecular complexity index is 281. The summed E-state index contributed by atoms with van der Waals surface area (Å²) in [4.78, 5) is 0. The van der Waals surface area contributed by atoms with E-state index in [9.17, 15) is 0 Å². The summed E-state index contributed by atoms with van der Waals surface area (Å²) in [5, 5.41) is 3.56. The summed E-state index contributed by atoms with van der Waals surface area (Å²) in [5.41, 5.74) is 1.36. The summed E-state index contributed by atoms with van der Waals surface area (Å²) in [6.45, 7) is 5.60. The van der Waals surface area contributed by atoms with E-state index in [-0.39, 0.29) is 0 Å². The molecule has 0 aliphatic carbocycles. The summed E-state index contributed by atoms with van der Waals surface area (Å²) in [6.07, 6.45) is 5.29. The summed E-state index contributed by atoms with van der Waals surface area (Å²) >= 11 is 3.46.